The maximum atomic E-state index is 13.0. The molecule has 4 rings (SSSR count). The van der Waals surface area contributed by atoms with Crippen LogP contribution in [0.2, 0.25) is 0 Å². The number of nitrogens with zero attached hydrogens (tertiary/aromatic N) is 5. The fourth-order valence-corrected chi connectivity index (χ4v) is 5.32. The van der Waals surface area contributed by atoms with Crippen molar-refractivity contribution in [3.63, 3.8) is 0 Å². The van der Waals surface area contributed by atoms with Crippen molar-refractivity contribution in [3.05, 3.63) is 66.9 Å². The maximum Gasteiger partial charge on any atom is 0.317 e. The van der Waals surface area contributed by atoms with Gasteiger partial charge in [-0.3, -0.25) is 43.7 Å². The molecule has 7 N–H and O–H groups in total. The van der Waals surface area contributed by atoms with Crippen molar-refractivity contribution in [1.29, 1.82) is 0 Å². The molecule has 50 heavy (non-hydrogen) atoms. The van der Waals surface area contributed by atoms with Crippen LogP contribution in [0.3, 0.4) is 0 Å². The molecule has 2 amide bonds. The standard InChI is InChI=1S/C34H40N8O8/c35-11-13-36-28(43)18-41(21-31(47)48)16-14-40(20-30(45)46)15-17-42(22-32(49)50)19-29(44)38-26-8-5-23(6-9-26)27-10-7-25-4-3-24-2-1-12-37-33(24)34(25)39-27/h1-10,12H,11,13-22,35H2,(H,36,43)(H,38,44)(H,45,46)(H,47,48)(H,49,50). The number of pyridine rings is 2. The van der Waals surface area contributed by atoms with Crippen molar-refractivity contribution >= 4 is 57.2 Å². The van der Waals surface area contributed by atoms with Gasteiger partial charge in [-0.05, 0) is 24.3 Å². The van der Waals surface area contributed by atoms with Crippen molar-refractivity contribution in [2.75, 3.05) is 77.3 Å². The number of carbonyl (C=O) groups is 5. The highest BCUT2D eigenvalue weighted by molar-refractivity contribution is 6.03. The van der Waals surface area contributed by atoms with E-state index in [4.69, 9.17) is 10.7 Å². The summed E-state index contributed by atoms with van der Waals surface area (Å²) in [5.41, 5.74) is 9.01. The third-order valence-corrected chi connectivity index (χ3v) is 7.64. The first-order valence-electron chi connectivity index (χ1n) is 15.8. The summed E-state index contributed by atoms with van der Waals surface area (Å²) in [4.78, 5) is 73.1. The number of anilines is 1. The second-order valence-electron chi connectivity index (χ2n) is 11.6. The number of nitrogens with one attached hydrogen (secondary N) is 2. The van der Waals surface area contributed by atoms with Crippen LogP contribution in [0.1, 0.15) is 0 Å². The van der Waals surface area contributed by atoms with Crippen LogP contribution in [0.15, 0.2) is 66.9 Å². The fraction of sp³-hybridized carbons (Fsp3) is 0.324. The Hall–Kier alpha value is -5.55. The molecule has 0 atom stereocenters. The minimum atomic E-state index is -1.17. The number of carboxylic acid groups (broad SMARTS) is 3. The Morgan fingerprint density at radius 3 is 1.78 bits per heavy atom. The highest BCUT2D eigenvalue weighted by Gasteiger charge is 2.20. The van der Waals surface area contributed by atoms with E-state index in [0.29, 0.717) is 5.69 Å². The van der Waals surface area contributed by atoms with Crippen molar-refractivity contribution in [2.24, 2.45) is 5.73 Å². The summed E-state index contributed by atoms with van der Waals surface area (Å²) >= 11 is 0. The highest BCUT2D eigenvalue weighted by Crippen LogP contribution is 2.26. The number of nitrogens with two attached hydrogens (primary N) is 1. The Bertz CT molecular complexity index is 1820. The number of carboxylic acids is 3. The van der Waals surface area contributed by atoms with Gasteiger partial charge in [0.15, 0.2) is 0 Å². The molecular formula is C34H40N8O8. The number of hydrogen-bond donors (Lipinski definition) is 6. The third-order valence-electron chi connectivity index (χ3n) is 7.64. The zero-order valence-corrected chi connectivity index (χ0v) is 27.3. The van der Waals surface area contributed by atoms with E-state index in [0.717, 1.165) is 33.1 Å². The summed E-state index contributed by atoms with van der Waals surface area (Å²) in [5.74, 6) is -4.38. The molecule has 4 aromatic rings. The summed E-state index contributed by atoms with van der Waals surface area (Å²) in [5, 5.41) is 35.4. The lowest BCUT2D eigenvalue weighted by Crippen LogP contribution is -2.47. The molecule has 0 spiro atoms. The van der Waals surface area contributed by atoms with E-state index in [-0.39, 0.29) is 52.4 Å². The monoisotopic (exact) mass is 688 g/mol. The van der Waals surface area contributed by atoms with Crippen LogP contribution < -0.4 is 16.4 Å². The van der Waals surface area contributed by atoms with E-state index in [2.05, 4.69) is 15.6 Å². The van der Waals surface area contributed by atoms with E-state index in [1.165, 1.54) is 14.7 Å². The third kappa shape index (κ3) is 11.6. The van der Waals surface area contributed by atoms with Crippen LogP contribution in [0.4, 0.5) is 5.69 Å². The van der Waals surface area contributed by atoms with Gasteiger partial charge < -0.3 is 31.7 Å². The molecule has 0 aliphatic heterocycles. The molecule has 0 saturated heterocycles. The quantitative estimate of drug-likeness (QED) is 0.0700. The number of amides is 2. The smallest absolute Gasteiger partial charge is 0.317 e. The lowest BCUT2D eigenvalue weighted by molar-refractivity contribution is -0.141. The number of carbonyl (C=O) groups excluding carboxylic acids is 2. The Kier molecular flexibility index (Phi) is 13.6. The van der Waals surface area contributed by atoms with Crippen LogP contribution in [0.25, 0.3) is 33.1 Å². The molecule has 0 unspecified atom stereocenters. The molecule has 2 aromatic carbocycles. The number of benzene rings is 2. The largest absolute Gasteiger partial charge is 0.480 e. The van der Waals surface area contributed by atoms with Gasteiger partial charge in [-0.2, -0.15) is 0 Å². The molecule has 0 bridgehead atoms. The average Bonchev–Trinajstić information content (AvgIpc) is 3.07. The number of fused-ring (bicyclic) bond motifs is 3. The zero-order chi connectivity index (χ0) is 36.0. The van der Waals surface area contributed by atoms with Crippen molar-refractivity contribution in [3.8, 4) is 11.3 Å². The van der Waals surface area contributed by atoms with Gasteiger partial charge in [0, 0.05) is 67.5 Å². The summed E-state index contributed by atoms with van der Waals surface area (Å²) in [6.07, 6.45) is 1.73. The van der Waals surface area contributed by atoms with E-state index >= 15 is 0 Å². The molecule has 16 nitrogen and oxygen atoms in total. The predicted molar refractivity (Wildman–Crippen MR) is 185 cm³/mol. The number of aromatic nitrogens is 2. The van der Waals surface area contributed by atoms with Crippen LogP contribution in [0.5, 0.6) is 0 Å². The summed E-state index contributed by atoms with van der Waals surface area (Å²) in [6, 6.07) is 18.8. The maximum absolute atomic E-state index is 13.0. The fourth-order valence-electron chi connectivity index (χ4n) is 5.32. The van der Waals surface area contributed by atoms with Crippen LogP contribution >= 0.6 is 0 Å². The van der Waals surface area contributed by atoms with Gasteiger partial charge in [0.25, 0.3) is 0 Å². The topological polar surface area (TPSA) is 232 Å². The number of hydrogen-bond acceptors (Lipinski definition) is 11. The average molecular weight is 689 g/mol. The van der Waals surface area contributed by atoms with Gasteiger partial charge in [-0.1, -0.05) is 36.4 Å². The van der Waals surface area contributed by atoms with Gasteiger partial charge in [-0.25, -0.2) is 4.98 Å². The van der Waals surface area contributed by atoms with Gasteiger partial charge in [0.05, 0.1) is 49.5 Å². The lowest BCUT2D eigenvalue weighted by Gasteiger charge is -2.28. The Morgan fingerprint density at radius 1 is 0.640 bits per heavy atom. The second-order valence-corrected chi connectivity index (χ2v) is 11.6. The summed E-state index contributed by atoms with van der Waals surface area (Å²) in [6.45, 7) is -1.21. The first-order chi connectivity index (χ1) is 24.0. The van der Waals surface area contributed by atoms with E-state index in [1.54, 1.807) is 18.3 Å². The molecule has 2 aromatic heterocycles. The second kappa shape index (κ2) is 18.3. The minimum Gasteiger partial charge on any atom is -0.480 e. The van der Waals surface area contributed by atoms with E-state index < -0.39 is 49.4 Å². The van der Waals surface area contributed by atoms with Gasteiger partial charge in [0.2, 0.25) is 11.8 Å². The summed E-state index contributed by atoms with van der Waals surface area (Å²) < 4.78 is 0. The molecule has 264 valence electrons. The molecule has 0 radical (unpaired) electrons. The van der Waals surface area contributed by atoms with Crippen LogP contribution in [-0.4, -0.2) is 142 Å². The predicted octanol–water partition coefficient (Wildman–Crippen LogP) is 0.623. The summed E-state index contributed by atoms with van der Waals surface area (Å²) in [7, 11) is 0. The van der Waals surface area contributed by atoms with Gasteiger partial charge in [-0.15, -0.1) is 0 Å². The normalized spacial score (nSPS) is 11.4. The Morgan fingerprint density at radius 2 is 1.18 bits per heavy atom. The van der Waals surface area contributed by atoms with E-state index in [9.17, 15) is 39.3 Å². The number of rotatable bonds is 20. The SMILES string of the molecule is NCCNC(=O)CN(CCN(CCN(CC(=O)O)CC(=O)Nc1ccc(-c2ccc3ccc4cccnc4c3n2)cc1)CC(=O)O)CC(=O)O. The molecule has 2 heterocycles. The molecule has 0 aliphatic rings. The van der Waals surface area contributed by atoms with Crippen molar-refractivity contribution in [1.82, 2.24) is 30.0 Å². The van der Waals surface area contributed by atoms with Crippen molar-refractivity contribution in [2.45, 2.75) is 0 Å². The van der Waals surface area contributed by atoms with E-state index in [1.807, 2.05) is 48.5 Å². The zero-order valence-electron chi connectivity index (χ0n) is 27.3. The first kappa shape index (κ1) is 37.3. The van der Waals surface area contributed by atoms with Gasteiger partial charge in [0.1, 0.15) is 0 Å². The molecule has 0 aliphatic carbocycles. The van der Waals surface area contributed by atoms with Crippen molar-refractivity contribution < 1.29 is 39.3 Å². The molecular weight excluding hydrogens is 648 g/mol. The highest BCUT2D eigenvalue weighted by atomic mass is 16.4. The van der Waals surface area contributed by atoms with Crippen LogP contribution in [0, 0.1) is 0 Å². The minimum absolute atomic E-state index is 0.0268. The van der Waals surface area contributed by atoms with Gasteiger partial charge >= 0.3 is 17.9 Å². The molecule has 0 saturated carbocycles. The Labute approximate surface area is 287 Å². The molecule has 0 fully saturated rings. The Balaban J connectivity index is 1.36. The van der Waals surface area contributed by atoms with Crippen LogP contribution in [-0.2, 0) is 24.0 Å². The first-order valence-corrected chi connectivity index (χ1v) is 15.8. The number of aliphatic carboxylic acids is 3. The molecule has 16 heteroatoms. The lowest BCUT2D eigenvalue weighted by atomic mass is 10.1.